The molecular formula is C22H17ClF6N2O3. The number of halogens is 7. The molecule has 0 bridgehead atoms. The van der Waals surface area contributed by atoms with Gasteiger partial charge in [0.2, 0.25) is 0 Å². The summed E-state index contributed by atoms with van der Waals surface area (Å²) in [4.78, 5) is 23.5. The first-order chi connectivity index (χ1) is 15.9. The van der Waals surface area contributed by atoms with Crippen molar-refractivity contribution in [2.45, 2.75) is 13.1 Å². The van der Waals surface area contributed by atoms with Crippen LogP contribution in [0.15, 0.2) is 89.8 Å². The number of allylic oxidation sites excluding steroid dienone is 8. The number of imide groups is 1. The molecule has 0 aromatic heterocycles. The molecular weight excluding hydrogens is 490 g/mol. The third-order valence-electron chi connectivity index (χ3n) is 3.59. The number of nitrogens with one attached hydrogen (secondary N) is 2. The number of ether oxygens (including phenoxy) is 1. The minimum atomic E-state index is -4.67. The average Bonchev–Trinajstić information content (AvgIpc) is 2.73. The number of hydrogen-bond acceptors (Lipinski definition) is 3. The summed E-state index contributed by atoms with van der Waals surface area (Å²) in [5.74, 6) is -5.26. The molecule has 12 heteroatoms. The van der Waals surface area contributed by atoms with E-state index < -0.39 is 46.7 Å². The largest absolute Gasteiger partial charge is 0.462 e. The molecule has 0 aliphatic heterocycles. The van der Waals surface area contributed by atoms with Gasteiger partial charge in [-0.3, -0.25) is 10.1 Å². The molecule has 1 rings (SSSR count). The molecule has 0 atom stereocenters. The predicted molar refractivity (Wildman–Crippen MR) is 114 cm³/mol. The monoisotopic (exact) mass is 506 g/mol. The van der Waals surface area contributed by atoms with Crippen molar-refractivity contribution >= 4 is 23.5 Å². The lowest BCUT2D eigenvalue weighted by Crippen LogP contribution is -2.37. The Morgan fingerprint density at radius 3 is 2.29 bits per heavy atom. The topological polar surface area (TPSA) is 67.4 Å². The van der Waals surface area contributed by atoms with E-state index in [0.29, 0.717) is 23.9 Å². The fraction of sp³-hybridized carbons (Fsp3) is 0.0909. The highest BCUT2D eigenvalue weighted by molar-refractivity contribution is 6.25. The van der Waals surface area contributed by atoms with Crippen LogP contribution >= 0.6 is 11.6 Å². The lowest BCUT2D eigenvalue weighted by Gasteiger charge is -2.08. The second-order valence-electron chi connectivity index (χ2n) is 6.10. The summed E-state index contributed by atoms with van der Waals surface area (Å²) < 4.78 is 84.6. The first-order valence-electron chi connectivity index (χ1n) is 9.05. The Labute approximate surface area is 195 Å². The zero-order chi connectivity index (χ0) is 25.9. The van der Waals surface area contributed by atoms with Gasteiger partial charge in [0.1, 0.15) is 34.5 Å². The number of carbonyl (C=O) groups excluding carboxylic acids is 2. The van der Waals surface area contributed by atoms with Gasteiger partial charge in [0, 0.05) is 17.8 Å². The van der Waals surface area contributed by atoms with Gasteiger partial charge in [-0.15, -0.1) is 0 Å². The summed E-state index contributed by atoms with van der Waals surface area (Å²) in [5.41, 5.74) is -1.39. The molecule has 0 unspecified atom stereocenters. The molecule has 1 aromatic carbocycles. The van der Waals surface area contributed by atoms with Crippen LogP contribution in [0, 0.1) is 11.6 Å². The average molecular weight is 507 g/mol. The summed E-state index contributed by atoms with van der Waals surface area (Å²) >= 11 is 5.18. The van der Waals surface area contributed by atoms with Gasteiger partial charge in [0.05, 0.1) is 5.57 Å². The molecule has 0 heterocycles. The fourth-order valence-electron chi connectivity index (χ4n) is 2.10. The van der Waals surface area contributed by atoms with Crippen LogP contribution in [-0.4, -0.2) is 18.1 Å². The summed E-state index contributed by atoms with van der Waals surface area (Å²) in [6.45, 7) is 4.65. The number of alkyl halides is 3. The van der Waals surface area contributed by atoms with Crippen molar-refractivity contribution in [2.24, 2.45) is 0 Å². The van der Waals surface area contributed by atoms with Gasteiger partial charge in [-0.2, -0.15) is 13.2 Å². The summed E-state index contributed by atoms with van der Waals surface area (Å²) in [5, 5.41) is 3.43. The van der Waals surface area contributed by atoms with Crippen molar-refractivity contribution in [1.29, 1.82) is 0 Å². The number of rotatable bonds is 8. The molecule has 0 saturated carbocycles. The molecule has 182 valence electrons. The van der Waals surface area contributed by atoms with Crippen molar-refractivity contribution in [3.63, 3.8) is 0 Å². The third kappa shape index (κ3) is 9.41. The summed E-state index contributed by atoms with van der Waals surface area (Å²) in [6.07, 6.45) is -0.169. The molecule has 1 aromatic rings. The minimum Gasteiger partial charge on any atom is -0.462 e. The standard InChI is InChI=1S/C22H17ClF6N2O3/c1-3-16(34-13(2)7-8-14(9-10-23)22(27,28)29)11-15(24)12-30-21(33)31-20(32)19-17(25)5-4-6-18(19)26/h3-12H,1H2,2H3,(H2,30,31,32,33)/b10-9+,13-7+,14-8+,15-12-,16-11+. The Morgan fingerprint density at radius 1 is 1.15 bits per heavy atom. The maximum atomic E-state index is 14.0. The number of benzene rings is 1. The highest BCUT2D eigenvalue weighted by Gasteiger charge is 2.31. The van der Waals surface area contributed by atoms with Gasteiger partial charge in [-0.1, -0.05) is 24.2 Å². The Bertz CT molecular complexity index is 1070. The first kappa shape index (κ1) is 28.3. The molecule has 5 nitrogen and oxygen atoms in total. The zero-order valence-corrected chi connectivity index (χ0v) is 18.1. The minimum absolute atomic E-state index is 0.0770. The van der Waals surface area contributed by atoms with Crippen molar-refractivity contribution in [3.8, 4) is 0 Å². The highest BCUT2D eigenvalue weighted by Crippen LogP contribution is 2.27. The van der Waals surface area contributed by atoms with E-state index in [4.69, 9.17) is 16.3 Å². The third-order valence-corrected chi connectivity index (χ3v) is 3.71. The SMILES string of the molecule is C=C/C(=C\C(F)=C\NC(=O)NC(=O)c1c(F)cccc1F)O/C(C)=C/C=C(\C=C\Cl)C(F)(F)F. The number of amides is 3. The van der Waals surface area contributed by atoms with Crippen molar-refractivity contribution in [3.05, 3.63) is 107 Å². The summed E-state index contributed by atoms with van der Waals surface area (Å²) in [6, 6.07) is 1.33. The molecule has 0 spiro atoms. The number of urea groups is 1. The Kier molecular flexibility index (Phi) is 10.9. The van der Waals surface area contributed by atoms with Crippen LogP contribution in [0.25, 0.3) is 0 Å². The zero-order valence-electron chi connectivity index (χ0n) is 17.4. The maximum absolute atomic E-state index is 14.0. The van der Waals surface area contributed by atoms with Crippen molar-refractivity contribution in [1.82, 2.24) is 10.6 Å². The number of hydrogen-bond donors (Lipinski definition) is 2. The van der Waals surface area contributed by atoms with Crippen LogP contribution in [0.1, 0.15) is 17.3 Å². The van der Waals surface area contributed by atoms with Crippen LogP contribution in [0.2, 0.25) is 0 Å². The van der Waals surface area contributed by atoms with E-state index in [1.165, 1.54) is 6.92 Å². The molecule has 0 saturated heterocycles. The Morgan fingerprint density at radius 2 is 1.76 bits per heavy atom. The second-order valence-corrected chi connectivity index (χ2v) is 6.35. The van der Waals surface area contributed by atoms with Gasteiger partial charge in [0.25, 0.3) is 5.91 Å². The van der Waals surface area contributed by atoms with E-state index in [2.05, 4.69) is 6.58 Å². The van der Waals surface area contributed by atoms with Crippen molar-refractivity contribution < 1.29 is 40.7 Å². The van der Waals surface area contributed by atoms with Crippen molar-refractivity contribution in [2.75, 3.05) is 0 Å². The fourth-order valence-corrected chi connectivity index (χ4v) is 2.23. The number of carbonyl (C=O) groups is 2. The molecule has 0 aliphatic rings. The smallest absolute Gasteiger partial charge is 0.416 e. The second kappa shape index (κ2) is 13.1. The molecule has 34 heavy (non-hydrogen) atoms. The van der Waals surface area contributed by atoms with E-state index in [1.807, 2.05) is 5.32 Å². The van der Waals surface area contributed by atoms with Crippen LogP contribution in [0.4, 0.5) is 31.1 Å². The molecule has 0 radical (unpaired) electrons. The summed E-state index contributed by atoms with van der Waals surface area (Å²) in [7, 11) is 0. The van der Waals surface area contributed by atoms with E-state index in [1.54, 1.807) is 5.32 Å². The van der Waals surface area contributed by atoms with E-state index in [9.17, 15) is 35.9 Å². The highest BCUT2D eigenvalue weighted by atomic mass is 35.5. The predicted octanol–water partition coefficient (Wildman–Crippen LogP) is 6.45. The van der Waals surface area contributed by atoms with Gasteiger partial charge in [-0.05, 0) is 43.4 Å². The first-order valence-corrected chi connectivity index (χ1v) is 9.48. The molecule has 0 aliphatic carbocycles. The Hall–Kier alpha value is -3.73. The van der Waals surface area contributed by atoms with Gasteiger partial charge < -0.3 is 10.1 Å². The van der Waals surface area contributed by atoms with E-state index in [0.717, 1.165) is 36.4 Å². The normalized spacial score (nSPS) is 13.6. The van der Waals surface area contributed by atoms with Crippen LogP contribution in [0.3, 0.4) is 0 Å². The van der Waals surface area contributed by atoms with Gasteiger partial charge in [-0.25, -0.2) is 18.0 Å². The molecule has 0 fully saturated rings. The quantitative estimate of drug-likeness (QED) is 0.242. The maximum Gasteiger partial charge on any atom is 0.416 e. The Balaban J connectivity index is 2.84. The van der Waals surface area contributed by atoms with E-state index >= 15 is 0 Å². The lowest BCUT2D eigenvalue weighted by atomic mass is 10.2. The molecule has 2 N–H and O–H groups in total. The van der Waals surface area contributed by atoms with Gasteiger partial charge in [0.15, 0.2) is 0 Å². The van der Waals surface area contributed by atoms with Crippen LogP contribution in [-0.2, 0) is 4.74 Å². The van der Waals surface area contributed by atoms with E-state index in [-0.39, 0.29) is 11.5 Å². The van der Waals surface area contributed by atoms with Gasteiger partial charge >= 0.3 is 12.2 Å². The molecule has 3 amide bonds. The van der Waals surface area contributed by atoms with Crippen LogP contribution in [0.5, 0.6) is 0 Å². The van der Waals surface area contributed by atoms with Crippen LogP contribution < -0.4 is 10.6 Å². The lowest BCUT2D eigenvalue weighted by molar-refractivity contribution is -0.0881.